The zero-order valence-corrected chi connectivity index (χ0v) is 12.1. The highest BCUT2D eigenvalue weighted by atomic mass is 16.5. The van der Waals surface area contributed by atoms with Crippen molar-refractivity contribution in [2.45, 2.75) is 31.8 Å². The predicted octanol–water partition coefficient (Wildman–Crippen LogP) is 0.450. The van der Waals surface area contributed by atoms with Crippen LogP contribution in [-0.2, 0) is 25.7 Å². The lowest BCUT2D eigenvalue weighted by molar-refractivity contribution is -0.152. The van der Waals surface area contributed by atoms with E-state index in [0.717, 1.165) is 12.8 Å². The second kappa shape index (κ2) is 6.21. The van der Waals surface area contributed by atoms with Crippen molar-refractivity contribution in [2.24, 2.45) is 5.92 Å². The largest absolute Gasteiger partial charge is 0.467 e. The molecular formula is C15H18N2O5. The molecular weight excluding hydrogens is 288 g/mol. The third-order valence-corrected chi connectivity index (χ3v) is 3.76. The SMILES string of the molecule is O=C(COC(=O)[C@H]1CC(=O)N(Cc2ccco2)C1)NC1CC1. The van der Waals surface area contributed by atoms with Crippen molar-refractivity contribution in [1.29, 1.82) is 0 Å². The summed E-state index contributed by atoms with van der Waals surface area (Å²) < 4.78 is 10.2. The van der Waals surface area contributed by atoms with E-state index in [2.05, 4.69) is 5.32 Å². The zero-order chi connectivity index (χ0) is 15.5. The Kier molecular flexibility index (Phi) is 4.13. The Balaban J connectivity index is 1.44. The van der Waals surface area contributed by atoms with E-state index in [1.54, 1.807) is 23.3 Å². The van der Waals surface area contributed by atoms with Gasteiger partial charge in [0, 0.05) is 19.0 Å². The summed E-state index contributed by atoms with van der Waals surface area (Å²) in [5.41, 5.74) is 0. The highest BCUT2D eigenvalue weighted by Gasteiger charge is 2.36. The number of nitrogens with zero attached hydrogens (tertiary/aromatic N) is 1. The van der Waals surface area contributed by atoms with Crippen molar-refractivity contribution in [2.75, 3.05) is 13.2 Å². The van der Waals surface area contributed by atoms with Crippen LogP contribution in [-0.4, -0.2) is 41.9 Å². The minimum atomic E-state index is -0.517. The van der Waals surface area contributed by atoms with Crippen LogP contribution in [0.25, 0.3) is 0 Å². The average Bonchev–Trinajstić information content (AvgIpc) is 3.00. The predicted molar refractivity (Wildman–Crippen MR) is 74.4 cm³/mol. The topological polar surface area (TPSA) is 88.9 Å². The van der Waals surface area contributed by atoms with E-state index in [1.165, 1.54) is 0 Å². The molecule has 2 fully saturated rings. The fraction of sp³-hybridized carbons (Fsp3) is 0.533. The molecule has 22 heavy (non-hydrogen) atoms. The molecule has 0 spiro atoms. The molecule has 2 amide bonds. The molecule has 2 heterocycles. The van der Waals surface area contributed by atoms with E-state index in [-0.39, 0.29) is 30.9 Å². The molecule has 1 atom stereocenters. The number of ether oxygens (including phenoxy) is 1. The number of hydrogen-bond donors (Lipinski definition) is 1. The van der Waals surface area contributed by atoms with E-state index >= 15 is 0 Å². The number of esters is 1. The number of nitrogens with one attached hydrogen (secondary N) is 1. The number of hydrogen-bond acceptors (Lipinski definition) is 5. The van der Waals surface area contributed by atoms with Gasteiger partial charge in [0.2, 0.25) is 5.91 Å². The Morgan fingerprint density at radius 1 is 1.41 bits per heavy atom. The lowest BCUT2D eigenvalue weighted by Gasteiger charge is -2.14. The molecule has 7 nitrogen and oxygen atoms in total. The lowest BCUT2D eigenvalue weighted by atomic mass is 10.1. The highest BCUT2D eigenvalue weighted by molar-refractivity contribution is 5.88. The van der Waals surface area contributed by atoms with Crippen molar-refractivity contribution in [3.63, 3.8) is 0 Å². The van der Waals surface area contributed by atoms with Crippen LogP contribution in [0.4, 0.5) is 0 Å². The quantitative estimate of drug-likeness (QED) is 0.771. The van der Waals surface area contributed by atoms with Gasteiger partial charge in [0.05, 0.1) is 18.7 Å². The first-order valence-electron chi connectivity index (χ1n) is 7.38. The molecule has 1 aromatic rings. The molecule has 0 bridgehead atoms. The lowest BCUT2D eigenvalue weighted by Crippen LogP contribution is -2.32. The van der Waals surface area contributed by atoms with Gasteiger partial charge in [0.15, 0.2) is 6.61 Å². The molecule has 3 rings (SSSR count). The van der Waals surface area contributed by atoms with Crippen LogP contribution in [0.1, 0.15) is 25.0 Å². The van der Waals surface area contributed by atoms with Crippen LogP contribution in [0.5, 0.6) is 0 Å². The third kappa shape index (κ3) is 3.66. The molecule has 1 N–H and O–H groups in total. The maximum Gasteiger partial charge on any atom is 0.311 e. The number of carbonyl (C=O) groups excluding carboxylic acids is 3. The first-order chi connectivity index (χ1) is 10.6. The van der Waals surface area contributed by atoms with Crippen molar-refractivity contribution >= 4 is 17.8 Å². The van der Waals surface area contributed by atoms with Crippen LogP contribution in [0.3, 0.4) is 0 Å². The van der Waals surface area contributed by atoms with E-state index in [1.807, 2.05) is 0 Å². The van der Waals surface area contributed by atoms with Crippen molar-refractivity contribution in [3.8, 4) is 0 Å². The number of amides is 2. The van der Waals surface area contributed by atoms with Gasteiger partial charge in [-0.1, -0.05) is 0 Å². The Morgan fingerprint density at radius 3 is 2.91 bits per heavy atom. The van der Waals surface area contributed by atoms with Gasteiger partial charge in [-0.2, -0.15) is 0 Å². The number of furan rings is 1. The van der Waals surface area contributed by atoms with Crippen molar-refractivity contribution < 1.29 is 23.5 Å². The first-order valence-corrected chi connectivity index (χ1v) is 7.38. The van der Waals surface area contributed by atoms with Crippen LogP contribution in [0.15, 0.2) is 22.8 Å². The molecule has 118 valence electrons. The summed E-state index contributed by atoms with van der Waals surface area (Å²) in [6.45, 7) is 0.360. The Bertz CT molecular complexity index is 564. The number of rotatable bonds is 6. The van der Waals surface area contributed by atoms with E-state index in [0.29, 0.717) is 18.8 Å². The number of likely N-dealkylation sites (tertiary alicyclic amines) is 1. The van der Waals surface area contributed by atoms with Gasteiger partial charge in [0.25, 0.3) is 5.91 Å². The first kappa shape index (κ1) is 14.6. The van der Waals surface area contributed by atoms with Crippen molar-refractivity contribution in [3.05, 3.63) is 24.2 Å². The fourth-order valence-corrected chi connectivity index (χ4v) is 2.43. The summed E-state index contributed by atoms with van der Waals surface area (Å²) in [4.78, 5) is 36.9. The summed E-state index contributed by atoms with van der Waals surface area (Å²) in [5, 5.41) is 2.74. The normalized spacial score (nSPS) is 21.0. The fourth-order valence-electron chi connectivity index (χ4n) is 2.43. The van der Waals surface area contributed by atoms with Gasteiger partial charge < -0.3 is 19.4 Å². The molecule has 0 radical (unpaired) electrons. The average molecular weight is 306 g/mol. The summed E-state index contributed by atoms with van der Waals surface area (Å²) in [7, 11) is 0. The second-order valence-corrected chi connectivity index (χ2v) is 5.70. The second-order valence-electron chi connectivity index (χ2n) is 5.70. The van der Waals surface area contributed by atoms with Gasteiger partial charge in [-0.05, 0) is 25.0 Å². The summed E-state index contributed by atoms with van der Waals surface area (Å²) in [6, 6.07) is 3.77. The zero-order valence-electron chi connectivity index (χ0n) is 12.1. The van der Waals surface area contributed by atoms with Crippen LogP contribution in [0, 0.1) is 5.92 Å². The van der Waals surface area contributed by atoms with Gasteiger partial charge in [0.1, 0.15) is 5.76 Å². The minimum absolute atomic E-state index is 0.110. The maximum absolute atomic E-state index is 11.9. The highest BCUT2D eigenvalue weighted by Crippen LogP contribution is 2.22. The number of carbonyl (C=O) groups is 3. The molecule has 0 aromatic carbocycles. The van der Waals surface area contributed by atoms with Gasteiger partial charge in [-0.15, -0.1) is 0 Å². The van der Waals surface area contributed by atoms with E-state index in [4.69, 9.17) is 9.15 Å². The molecule has 1 aliphatic heterocycles. The van der Waals surface area contributed by atoms with Gasteiger partial charge in [-0.3, -0.25) is 14.4 Å². The van der Waals surface area contributed by atoms with Crippen LogP contribution in [0.2, 0.25) is 0 Å². The van der Waals surface area contributed by atoms with Gasteiger partial charge in [-0.25, -0.2) is 0 Å². The van der Waals surface area contributed by atoms with Crippen LogP contribution >= 0.6 is 0 Å². The maximum atomic E-state index is 11.9. The van der Waals surface area contributed by atoms with Crippen LogP contribution < -0.4 is 5.32 Å². The molecule has 1 aromatic heterocycles. The monoisotopic (exact) mass is 306 g/mol. The third-order valence-electron chi connectivity index (χ3n) is 3.76. The summed E-state index contributed by atoms with van der Waals surface area (Å²) >= 11 is 0. The summed E-state index contributed by atoms with van der Waals surface area (Å²) in [5.74, 6) is -0.739. The molecule has 1 aliphatic carbocycles. The van der Waals surface area contributed by atoms with Crippen molar-refractivity contribution in [1.82, 2.24) is 10.2 Å². The Labute approximate surface area is 127 Å². The summed E-state index contributed by atoms with van der Waals surface area (Å²) in [6.07, 6.45) is 3.63. The molecule has 2 aliphatic rings. The Hall–Kier alpha value is -2.31. The van der Waals surface area contributed by atoms with Gasteiger partial charge >= 0.3 is 5.97 Å². The molecule has 1 saturated carbocycles. The molecule has 1 saturated heterocycles. The Morgan fingerprint density at radius 2 is 2.23 bits per heavy atom. The minimum Gasteiger partial charge on any atom is -0.467 e. The molecule has 7 heteroatoms. The molecule has 0 unspecified atom stereocenters. The smallest absolute Gasteiger partial charge is 0.311 e. The van der Waals surface area contributed by atoms with E-state index in [9.17, 15) is 14.4 Å². The van der Waals surface area contributed by atoms with E-state index < -0.39 is 11.9 Å². The standard InChI is InChI=1S/C15H18N2O5/c18-13(16-11-3-4-11)9-22-15(20)10-6-14(19)17(7-10)8-12-2-1-5-21-12/h1-2,5,10-11H,3-4,6-9H2,(H,16,18)/t10-/m0/s1.